The molecule has 0 saturated heterocycles. The first kappa shape index (κ1) is 14.1. The van der Waals surface area contributed by atoms with E-state index in [9.17, 15) is 0 Å². The number of benzene rings is 1. The molecule has 0 radical (unpaired) electrons. The first-order valence-electron chi connectivity index (χ1n) is 6.59. The molecule has 1 atom stereocenters. The van der Waals surface area contributed by atoms with E-state index in [0.29, 0.717) is 5.02 Å². The van der Waals surface area contributed by atoms with Crippen molar-refractivity contribution in [1.82, 2.24) is 9.78 Å². The predicted octanol–water partition coefficient (Wildman–Crippen LogP) is 3.61. The van der Waals surface area contributed by atoms with E-state index in [0.717, 1.165) is 24.2 Å². The summed E-state index contributed by atoms with van der Waals surface area (Å²) >= 11 is 6.27. The highest BCUT2D eigenvalue weighted by Crippen LogP contribution is 2.30. The molecule has 1 aromatic heterocycles. The Morgan fingerprint density at radius 2 is 1.95 bits per heavy atom. The molecule has 19 heavy (non-hydrogen) atoms. The van der Waals surface area contributed by atoms with Crippen LogP contribution in [-0.2, 0) is 6.54 Å². The lowest BCUT2D eigenvalue weighted by atomic mass is 9.94. The molecule has 0 fully saturated rings. The summed E-state index contributed by atoms with van der Waals surface area (Å²) in [5.74, 6) is 0. The fourth-order valence-corrected chi connectivity index (χ4v) is 2.78. The predicted molar refractivity (Wildman–Crippen MR) is 79.5 cm³/mol. The Labute approximate surface area is 119 Å². The monoisotopic (exact) mass is 277 g/mol. The molecule has 2 aromatic rings. The van der Waals surface area contributed by atoms with Gasteiger partial charge in [0.05, 0.1) is 23.0 Å². The summed E-state index contributed by atoms with van der Waals surface area (Å²) in [5, 5.41) is 4.96. The minimum atomic E-state index is -0.234. The van der Waals surface area contributed by atoms with Gasteiger partial charge in [-0.1, -0.05) is 36.7 Å². The number of aromatic nitrogens is 2. The van der Waals surface area contributed by atoms with Gasteiger partial charge in [-0.15, -0.1) is 0 Å². The number of nitrogens with zero attached hydrogens (tertiary/aromatic N) is 2. The highest BCUT2D eigenvalue weighted by molar-refractivity contribution is 6.31. The Morgan fingerprint density at radius 3 is 2.53 bits per heavy atom. The van der Waals surface area contributed by atoms with Crippen LogP contribution in [0.15, 0.2) is 24.4 Å². The summed E-state index contributed by atoms with van der Waals surface area (Å²) in [6.45, 7) is 7.11. The zero-order chi connectivity index (χ0) is 14.0. The van der Waals surface area contributed by atoms with Crippen molar-refractivity contribution in [1.29, 1.82) is 0 Å². The molecule has 0 bridgehead atoms. The van der Waals surface area contributed by atoms with Crippen LogP contribution in [0.25, 0.3) is 0 Å². The van der Waals surface area contributed by atoms with Gasteiger partial charge in [-0.3, -0.25) is 4.68 Å². The standard InChI is InChI=1S/C15H20ClN3/c1-4-8-19-15(12(16)9-18-19)14(17)13-10(2)6-5-7-11(13)3/h5-7,9,14H,4,8,17H2,1-3H3. The van der Waals surface area contributed by atoms with Crippen LogP contribution in [-0.4, -0.2) is 9.78 Å². The van der Waals surface area contributed by atoms with Crippen LogP contribution in [0.4, 0.5) is 0 Å². The van der Waals surface area contributed by atoms with Crippen molar-refractivity contribution in [2.75, 3.05) is 0 Å². The van der Waals surface area contributed by atoms with Gasteiger partial charge in [0.2, 0.25) is 0 Å². The summed E-state index contributed by atoms with van der Waals surface area (Å²) in [4.78, 5) is 0. The van der Waals surface area contributed by atoms with Gasteiger partial charge >= 0.3 is 0 Å². The smallest absolute Gasteiger partial charge is 0.0837 e. The second kappa shape index (κ2) is 5.76. The van der Waals surface area contributed by atoms with Crippen LogP contribution in [0.2, 0.25) is 5.02 Å². The summed E-state index contributed by atoms with van der Waals surface area (Å²) in [5.41, 5.74) is 10.9. The third kappa shape index (κ3) is 2.67. The lowest BCUT2D eigenvalue weighted by Crippen LogP contribution is -2.20. The first-order chi connectivity index (χ1) is 9.06. The third-order valence-corrected chi connectivity index (χ3v) is 3.71. The molecule has 0 amide bonds. The molecular weight excluding hydrogens is 258 g/mol. The van der Waals surface area contributed by atoms with Crippen molar-refractivity contribution >= 4 is 11.6 Å². The minimum Gasteiger partial charge on any atom is -0.319 e. The van der Waals surface area contributed by atoms with Gasteiger partial charge in [-0.2, -0.15) is 5.10 Å². The lowest BCUT2D eigenvalue weighted by molar-refractivity contribution is 0.559. The fourth-order valence-electron chi connectivity index (χ4n) is 2.53. The van der Waals surface area contributed by atoms with Gasteiger partial charge in [-0.25, -0.2) is 0 Å². The Hall–Kier alpha value is -1.32. The second-order valence-electron chi connectivity index (χ2n) is 4.88. The average Bonchev–Trinajstić information content (AvgIpc) is 2.70. The Kier molecular flexibility index (Phi) is 4.27. The van der Waals surface area contributed by atoms with Crippen LogP contribution in [0, 0.1) is 13.8 Å². The largest absolute Gasteiger partial charge is 0.319 e. The zero-order valence-electron chi connectivity index (χ0n) is 11.7. The molecule has 1 aromatic carbocycles. The number of aryl methyl sites for hydroxylation is 3. The van der Waals surface area contributed by atoms with E-state index in [1.165, 1.54) is 11.1 Å². The maximum atomic E-state index is 6.45. The van der Waals surface area contributed by atoms with Crippen molar-refractivity contribution in [3.63, 3.8) is 0 Å². The average molecular weight is 278 g/mol. The number of hydrogen-bond acceptors (Lipinski definition) is 2. The molecule has 102 valence electrons. The van der Waals surface area contributed by atoms with E-state index in [2.05, 4.69) is 38.0 Å². The Morgan fingerprint density at radius 1 is 1.32 bits per heavy atom. The number of nitrogens with two attached hydrogens (primary N) is 1. The van der Waals surface area contributed by atoms with E-state index in [4.69, 9.17) is 17.3 Å². The second-order valence-corrected chi connectivity index (χ2v) is 5.29. The zero-order valence-corrected chi connectivity index (χ0v) is 12.4. The van der Waals surface area contributed by atoms with Crippen LogP contribution in [0.5, 0.6) is 0 Å². The highest BCUT2D eigenvalue weighted by atomic mass is 35.5. The summed E-state index contributed by atoms with van der Waals surface area (Å²) in [7, 11) is 0. The Bertz CT molecular complexity index is 555. The molecule has 0 aliphatic heterocycles. The summed E-state index contributed by atoms with van der Waals surface area (Å²) < 4.78 is 1.92. The lowest BCUT2D eigenvalue weighted by Gasteiger charge is -2.19. The van der Waals surface area contributed by atoms with Crippen LogP contribution < -0.4 is 5.73 Å². The van der Waals surface area contributed by atoms with Crippen molar-refractivity contribution < 1.29 is 0 Å². The fraction of sp³-hybridized carbons (Fsp3) is 0.400. The molecule has 2 rings (SSSR count). The third-order valence-electron chi connectivity index (χ3n) is 3.42. The van der Waals surface area contributed by atoms with Gasteiger partial charge in [0, 0.05) is 6.54 Å². The van der Waals surface area contributed by atoms with Crippen molar-refractivity contribution in [3.05, 3.63) is 51.8 Å². The molecular formula is C15H20ClN3. The number of halogens is 1. The van der Waals surface area contributed by atoms with Crippen LogP contribution in [0.1, 0.15) is 41.8 Å². The van der Waals surface area contributed by atoms with E-state index in [1.807, 2.05) is 10.7 Å². The molecule has 1 unspecified atom stereocenters. The van der Waals surface area contributed by atoms with Gasteiger partial charge < -0.3 is 5.73 Å². The van der Waals surface area contributed by atoms with Gasteiger partial charge in [0.1, 0.15) is 0 Å². The van der Waals surface area contributed by atoms with E-state index < -0.39 is 0 Å². The van der Waals surface area contributed by atoms with Crippen molar-refractivity contribution in [2.24, 2.45) is 5.73 Å². The Balaban J connectivity index is 2.50. The van der Waals surface area contributed by atoms with Gasteiger partial charge in [-0.05, 0) is 37.0 Å². The van der Waals surface area contributed by atoms with E-state index in [-0.39, 0.29) is 6.04 Å². The summed E-state index contributed by atoms with van der Waals surface area (Å²) in [6, 6.07) is 5.97. The molecule has 0 aliphatic rings. The molecule has 3 nitrogen and oxygen atoms in total. The topological polar surface area (TPSA) is 43.8 Å². The normalized spacial score (nSPS) is 12.7. The molecule has 0 saturated carbocycles. The highest BCUT2D eigenvalue weighted by Gasteiger charge is 2.21. The number of hydrogen-bond donors (Lipinski definition) is 1. The van der Waals surface area contributed by atoms with Crippen molar-refractivity contribution in [2.45, 2.75) is 39.8 Å². The minimum absolute atomic E-state index is 0.234. The van der Waals surface area contributed by atoms with E-state index in [1.54, 1.807) is 6.20 Å². The van der Waals surface area contributed by atoms with E-state index >= 15 is 0 Å². The molecule has 0 spiro atoms. The summed E-state index contributed by atoms with van der Waals surface area (Å²) in [6.07, 6.45) is 2.69. The first-order valence-corrected chi connectivity index (χ1v) is 6.97. The SMILES string of the molecule is CCCn1ncc(Cl)c1C(N)c1c(C)cccc1C. The van der Waals surface area contributed by atoms with Gasteiger partial charge in [0.25, 0.3) is 0 Å². The van der Waals surface area contributed by atoms with Crippen LogP contribution in [0.3, 0.4) is 0 Å². The van der Waals surface area contributed by atoms with Gasteiger partial charge in [0.15, 0.2) is 0 Å². The quantitative estimate of drug-likeness (QED) is 0.928. The number of rotatable bonds is 4. The maximum Gasteiger partial charge on any atom is 0.0837 e. The molecule has 2 N–H and O–H groups in total. The van der Waals surface area contributed by atoms with Crippen molar-refractivity contribution in [3.8, 4) is 0 Å². The molecule has 4 heteroatoms. The molecule has 0 aliphatic carbocycles. The maximum absolute atomic E-state index is 6.45. The molecule has 1 heterocycles. The van der Waals surface area contributed by atoms with Crippen LogP contribution >= 0.6 is 11.6 Å².